The van der Waals surface area contributed by atoms with Gasteiger partial charge in [0.15, 0.2) is 0 Å². The molecule has 3 rings (SSSR count). The van der Waals surface area contributed by atoms with Crippen LogP contribution in [0.4, 0.5) is 0 Å². The van der Waals surface area contributed by atoms with Crippen molar-refractivity contribution in [1.29, 1.82) is 0 Å². The summed E-state index contributed by atoms with van der Waals surface area (Å²) >= 11 is 1.71. The molecule has 2 heterocycles. The van der Waals surface area contributed by atoms with Crippen LogP contribution in [0, 0.1) is 0 Å². The molecule has 1 saturated heterocycles. The van der Waals surface area contributed by atoms with Gasteiger partial charge < -0.3 is 9.84 Å². The summed E-state index contributed by atoms with van der Waals surface area (Å²) < 4.78 is 6.95. The molecule has 1 aromatic heterocycles. The number of hydrogen-bond acceptors (Lipinski definition) is 3. The third-order valence-corrected chi connectivity index (χ3v) is 4.88. The van der Waals surface area contributed by atoms with Gasteiger partial charge in [-0.1, -0.05) is 18.2 Å². The van der Waals surface area contributed by atoms with Crippen LogP contribution < -0.4 is 0 Å². The molecule has 0 radical (unpaired) electrons. The summed E-state index contributed by atoms with van der Waals surface area (Å²) in [7, 11) is 0. The Hall–Kier alpha value is -0.900. The lowest BCUT2D eigenvalue weighted by molar-refractivity contribution is 0.00223. The molecule has 2 unspecified atom stereocenters. The van der Waals surface area contributed by atoms with E-state index < -0.39 is 0 Å². The van der Waals surface area contributed by atoms with Crippen molar-refractivity contribution in [3.8, 4) is 0 Å². The molecule has 2 atom stereocenters. The molecule has 19 heavy (non-hydrogen) atoms. The first-order valence-corrected chi connectivity index (χ1v) is 7.98. The maximum absolute atomic E-state index is 10.4. The Labute approximate surface area is 118 Å². The van der Waals surface area contributed by atoms with Crippen molar-refractivity contribution in [3.05, 3.63) is 35.2 Å². The molecule has 0 saturated carbocycles. The molecule has 0 aliphatic carbocycles. The number of aliphatic hydroxyl groups excluding tert-OH is 1. The van der Waals surface area contributed by atoms with E-state index in [2.05, 4.69) is 17.5 Å². The third-order valence-electron chi connectivity index (χ3n) is 3.90. The first kappa shape index (κ1) is 13.1. The predicted molar refractivity (Wildman–Crippen MR) is 79.6 cm³/mol. The number of ether oxygens (including phenoxy) is 1. The van der Waals surface area contributed by atoms with Crippen LogP contribution in [0.3, 0.4) is 0 Å². The Bertz CT molecular complexity index is 528. The summed E-state index contributed by atoms with van der Waals surface area (Å²) in [6, 6.07) is 8.29. The van der Waals surface area contributed by atoms with Crippen LogP contribution in [-0.4, -0.2) is 17.8 Å². The Kier molecular flexibility index (Phi) is 4.16. The second-order valence-corrected chi connectivity index (χ2v) is 6.18. The van der Waals surface area contributed by atoms with E-state index >= 15 is 0 Å². The fourth-order valence-corrected chi connectivity index (χ4v) is 3.78. The fourth-order valence-electron chi connectivity index (χ4n) is 2.81. The Morgan fingerprint density at radius 2 is 2.26 bits per heavy atom. The van der Waals surface area contributed by atoms with Crippen LogP contribution >= 0.6 is 11.3 Å². The van der Waals surface area contributed by atoms with E-state index in [1.54, 1.807) is 11.3 Å². The standard InChI is InChI=1S/C16H20O2S/c17-15(8-7-13-5-1-2-10-18-13)14-6-3-4-12-9-11-19-16(12)14/h3-4,6,9,11,13,15,17H,1-2,5,7-8,10H2. The van der Waals surface area contributed by atoms with Crippen LogP contribution in [0.15, 0.2) is 29.6 Å². The topological polar surface area (TPSA) is 29.5 Å². The minimum absolute atomic E-state index is 0.353. The molecule has 2 aromatic rings. The summed E-state index contributed by atoms with van der Waals surface area (Å²) in [5.74, 6) is 0. The van der Waals surface area contributed by atoms with Crippen LogP contribution in [0.2, 0.25) is 0 Å². The van der Waals surface area contributed by atoms with Gasteiger partial charge in [-0.2, -0.15) is 0 Å². The van der Waals surface area contributed by atoms with Gasteiger partial charge in [0.05, 0.1) is 12.2 Å². The molecule has 0 spiro atoms. The van der Waals surface area contributed by atoms with Crippen LogP contribution in [-0.2, 0) is 4.74 Å². The number of fused-ring (bicyclic) bond motifs is 1. The van der Waals surface area contributed by atoms with Crippen molar-refractivity contribution in [3.63, 3.8) is 0 Å². The molecule has 1 aromatic carbocycles. The van der Waals surface area contributed by atoms with Gasteiger partial charge in [-0.3, -0.25) is 0 Å². The minimum Gasteiger partial charge on any atom is -0.388 e. The average Bonchev–Trinajstić information content (AvgIpc) is 2.94. The lowest BCUT2D eigenvalue weighted by Gasteiger charge is -2.23. The molecule has 0 amide bonds. The molecule has 1 aliphatic rings. The normalized spacial score (nSPS) is 21.6. The molecular weight excluding hydrogens is 256 g/mol. The van der Waals surface area contributed by atoms with Gasteiger partial charge in [-0.05, 0) is 54.5 Å². The number of rotatable bonds is 4. The molecule has 3 heteroatoms. The lowest BCUT2D eigenvalue weighted by atomic mass is 9.98. The highest BCUT2D eigenvalue weighted by atomic mass is 32.1. The smallest absolute Gasteiger partial charge is 0.0804 e. The quantitative estimate of drug-likeness (QED) is 0.903. The fraction of sp³-hybridized carbons (Fsp3) is 0.500. The predicted octanol–water partition coefficient (Wildman–Crippen LogP) is 4.28. The Balaban J connectivity index is 1.66. The monoisotopic (exact) mass is 276 g/mol. The van der Waals surface area contributed by atoms with Gasteiger partial charge in [0.1, 0.15) is 0 Å². The summed E-state index contributed by atoms with van der Waals surface area (Å²) in [4.78, 5) is 0. The zero-order valence-corrected chi connectivity index (χ0v) is 11.9. The molecule has 2 nitrogen and oxygen atoms in total. The number of hydrogen-bond donors (Lipinski definition) is 1. The maximum atomic E-state index is 10.4. The highest BCUT2D eigenvalue weighted by Crippen LogP contribution is 2.32. The molecule has 1 fully saturated rings. The van der Waals surface area contributed by atoms with Gasteiger partial charge >= 0.3 is 0 Å². The van der Waals surface area contributed by atoms with Crippen molar-refractivity contribution < 1.29 is 9.84 Å². The zero-order valence-electron chi connectivity index (χ0n) is 11.0. The van der Waals surface area contributed by atoms with Crippen molar-refractivity contribution >= 4 is 21.4 Å². The minimum atomic E-state index is -0.368. The van der Waals surface area contributed by atoms with E-state index in [4.69, 9.17) is 4.74 Å². The number of aliphatic hydroxyl groups is 1. The second kappa shape index (κ2) is 6.04. The van der Waals surface area contributed by atoms with Crippen molar-refractivity contribution in [2.45, 2.75) is 44.3 Å². The van der Waals surface area contributed by atoms with E-state index in [1.165, 1.54) is 22.9 Å². The van der Waals surface area contributed by atoms with Crippen molar-refractivity contribution in [2.75, 3.05) is 6.61 Å². The van der Waals surface area contributed by atoms with Gasteiger partial charge in [0.25, 0.3) is 0 Å². The van der Waals surface area contributed by atoms with Crippen molar-refractivity contribution in [1.82, 2.24) is 0 Å². The Morgan fingerprint density at radius 3 is 3.11 bits per heavy atom. The number of thiophene rings is 1. The SMILES string of the molecule is OC(CCC1CCCCO1)c1cccc2ccsc12. The third kappa shape index (κ3) is 2.99. The van der Waals surface area contributed by atoms with Gasteiger partial charge in [0.2, 0.25) is 0 Å². The van der Waals surface area contributed by atoms with Gasteiger partial charge in [-0.25, -0.2) is 0 Å². The highest BCUT2D eigenvalue weighted by Gasteiger charge is 2.17. The van der Waals surface area contributed by atoms with E-state index in [-0.39, 0.29) is 6.10 Å². The first-order valence-electron chi connectivity index (χ1n) is 7.10. The molecule has 1 aliphatic heterocycles. The van der Waals surface area contributed by atoms with Crippen molar-refractivity contribution in [2.24, 2.45) is 0 Å². The van der Waals surface area contributed by atoms with Gasteiger partial charge in [0, 0.05) is 11.3 Å². The average molecular weight is 276 g/mol. The van der Waals surface area contributed by atoms with Crippen LogP contribution in [0.5, 0.6) is 0 Å². The van der Waals surface area contributed by atoms with E-state index in [1.807, 2.05) is 12.1 Å². The maximum Gasteiger partial charge on any atom is 0.0804 e. The summed E-state index contributed by atoms with van der Waals surface area (Å²) in [6.45, 7) is 0.890. The van der Waals surface area contributed by atoms with E-state index in [0.29, 0.717) is 6.10 Å². The summed E-state index contributed by atoms with van der Waals surface area (Å²) in [5.41, 5.74) is 1.07. The largest absolute Gasteiger partial charge is 0.388 e. The highest BCUT2D eigenvalue weighted by molar-refractivity contribution is 7.17. The molecular formula is C16H20O2S. The zero-order chi connectivity index (χ0) is 13.1. The summed E-state index contributed by atoms with van der Waals surface area (Å²) in [5, 5.41) is 13.7. The lowest BCUT2D eigenvalue weighted by Crippen LogP contribution is -2.19. The van der Waals surface area contributed by atoms with Crippen LogP contribution in [0.25, 0.3) is 10.1 Å². The van der Waals surface area contributed by atoms with E-state index in [9.17, 15) is 5.11 Å². The Morgan fingerprint density at radius 1 is 1.32 bits per heavy atom. The second-order valence-electron chi connectivity index (χ2n) is 5.27. The number of benzene rings is 1. The van der Waals surface area contributed by atoms with E-state index in [0.717, 1.165) is 31.4 Å². The van der Waals surface area contributed by atoms with Gasteiger partial charge in [-0.15, -0.1) is 11.3 Å². The molecule has 1 N–H and O–H groups in total. The first-order chi connectivity index (χ1) is 9.34. The molecule has 0 bridgehead atoms. The van der Waals surface area contributed by atoms with Crippen LogP contribution in [0.1, 0.15) is 43.8 Å². The molecule has 102 valence electrons. The summed E-state index contributed by atoms with van der Waals surface area (Å²) in [6.07, 6.45) is 5.34.